The summed E-state index contributed by atoms with van der Waals surface area (Å²) in [5, 5.41) is 9.91. The highest BCUT2D eigenvalue weighted by molar-refractivity contribution is 5.09. The summed E-state index contributed by atoms with van der Waals surface area (Å²) in [6.07, 6.45) is -0.925. The topological polar surface area (TPSA) is 37.8 Å². The molecule has 0 aliphatic heterocycles. The van der Waals surface area contributed by atoms with Crippen LogP contribution in [0.25, 0.3) is 0 Å². The quantitative estimate of drug-likeness (QED) is 0.866. The van der Waals surface area contributed by atoms with E-state index in [1.165, 1.54) is 12.5 Å². The average molecular weight is 231 g/mol. The Morgan fingerprint density at radius 1 is 1.25 bits per heavy atom. The van der Waals surface area contributed by atoms with Crippen molar-refractivity contribution in [3.05, 3.63) is 23.5 Å². The van der Waals surface area contributed by atoms with Crippen LogP contribution in [0.2, 0.25) is 0 Å². The van der Waals surface area contributed by atoms with Gasteiger partial charge in [0.25, 0.3) is 0 Å². The monoisotopic (exact) mass is 231 g/mol. The molecule has 0 bridgehead atoms. The lowest BCUT2D eigenvalue weighted by Gasteiger charge is -2.26. The molecule has 1 aliphatic carbocycles. The Hall–Kier alpha value is -1.17. The number of nitrogens with one attached hydrogen (secondary N) is 1. The molecular weight excluding hydrogens is 219 g/mol. The van der Waals surface area contributed by atoms with Crippen LogP contribution in [-0.4, -0.2) is 16.2 Å². The minimum absolute atomic E-state index is 0.482. The molecule has 1 aliphatic rings. The molecule has 6 heteroatoms. The smallest absolute Gasteiger partial charge is 0.308 e. The molecule has 2 rings (SSSR count). The van der Waals surface area contributed by atoms with Crippen molar-refractivity contribution >= 4 is 0 Å². The number of aromatic nitrogens is 2. The summed E-state index contributed by atoms with van der Waals surface area (Å²) in [6, 6.07) is 2.82. The summed E-state index contributed by atoms with van der Waals surface area (Å²) < 4.78 is 36.5. The van der Waals surface area contributed by atoms with Gasteiger partial charge in [-0.3, -0.25) is 0 Å². The number of halogens is 3. The van der Waals surface area contributed by atoms with Crippen molar-refractivity contribution in [3.63, 3.8) is 0 Å². The van der Waals surface area contributed by atoms with Gasteiger partial charge < -0.3 is 5.32 Å². The van der Waals surface area contributed by atoms with Crippen LogP contribution in [0, 0.1) is 0 Å². The summed E-state index contributed by atoms with van der Waals surface area (Å²) in [5.41, 5.74) is -0.403. The summed E-state index contributed by atoms with van der Waals surface area (Å²) >= 11 is 0. The lowest BCUT2D eigenvalue weighted by molar-refractivity contribution is -0.141. The van der Waals surface area contributed by atoms with E-state index in [1.54, 1.807) is 0 Å². The third-order valence-electron chi connectivity index (χ3n) is 2.69. The van der Waals surface area contributed by atoms with Crippen molar-refractivity contribution in [1.29, 1.82) is 0 Å². The van der Waals surface area contributed by atoms with Gasteiger partial charge in [0.1, 0.15) is 0 Å². The highest BCUT2D eigenvalue weighted by Gasteiger charge is 2.32. The Kier molecular flexibility index (Phi) is 3.09. The van der Waals surface area contributed by atoms with E-state index in [9.17, 15) is 13.2 Å². The van der Waals surface area contributed by atoms with Gasteiger partial charge in [0, 0.05) is 12.6 Å². The number of hydrogen-bond acceptors (Lipinski definition) is 3. The predicted octanol–water partition coefficient (Wildman–Crippen LogP) is 2.14. The van der Waals surface area contributed by atoms with Gasteiger partial charge >= 0.3 is 6.18 Å². The molecular formula is C10H12F3N3. The van der Waals surface area contributed by atoms with Gasteiger partial charge in [0.15, 0.2) is 5.69 Å². The molecule has 88 valence electrons. The minimum Gasteiger partial charge on any atom is -0.308 e. The van der Waals surface area contributed by atoms with E-state index in [4.69, 9.17) is 0 Å². The first-order valence-electron chi connectivity index (χ1n) is 5.19. The van der Waals surface area contributed by atoms with E-state index in [-0.39, 0.29) is 0 Å². The SMILES string of the molecule is FC(F)(F)c1ccc(CNC2CCC2)nn1. The van der Waals surface area contributed by atoms with E-state index >= 15 is 0 Å². The summed E-state index contributed by atoms with van der Waals surface area (Å²) in [4.78, 5) is 0. The number of nitrogens with zero attached hydrogens (tertiary/aromatic N) is 2. The van der Waals surface area contributed by atoms with Crippen LogP contribution in [0.1, 0.15) is 30.7 Å². The molecule has 3 nitrogen and oxygen atoms in total. The molecule has 0 aromatic carbocycles. The fourth-order valence-corrected chi connectivity index (χ4v) is 1.47. The molecule has 0 unspecified atom stereocenters. The van der Waals surface area contributed by atoms with Gasteiger partial charge in [-0.05, 0) is 25.0 Å². The maximum atomic E-state index is 12.2. The normalized spacial score (nSPS) is 17.2. The lowest BCUT2D eigenvalue weighted by atomic mass is 9.93. The van der Waals surface area contributed by atoms with Crippen LogP contribution >= 0.6 is 0 Å². The fourth-order valence-electron chi connectivity index (χ4n) is 1.47. The second kappa shape index (κ2) is 4.37. The first-order valence-corrected chi connectivity index (χ1v) is 5.19. The van der Waals surface area contributed by atoms with Crippen molar-refractivity contribution in [3.8, 4) is 0 Å². The molecule has 1 saturated carbocycles. The Bertz CT molecular complexity index is 343. The van der Waals surface area contributed by atoms with Crippen molar-refractivity contribution in [2.45, 2.75) is 38.0 Å². The molecule has 1 aromatic rings. The van der Waals surface area contributed by atoms with Gasteiger partial charge in [-0.2, -0.15) is 18.3 Å². The molecule has 16 heavy (non-hydrogen) atoms. The zero-order chi connectivity index (χ0) is 11.6. The van der Waals surface area contributed by atoms with Gasteiger partial charge in [0.2, 0.25) is 0 Å². The Morgan fingerprint density at radius 2 is 2.00 bits per heavy atom. The molecule has 0 saturated heterocycles. The van der Waals surface area contributed by atoms with E-state index in [0.29, 0.717) is 18.3 Å². The van der Waals surface area contributed by atoms with Crippen LogP contribution in [0.3, 0.4) is 0 Å². The van der Waals surface area contributed by atoms with Gasteiger partial charge in [-0.1, -0.05) is 6.42 Å². The molecule has 0 radical (unpaired) electrons. The first-order chi connectivity index (χ1) is 7.55. The van der Waals surface area contributed by atoms with Gasteiger partial charge in [0.05, 0.1) is 5.69 Å². The second-order valence-corrected chi connectivity index (χ2v) is 3.92. The van der Waals surface area contributed by atoms with Crippen molar-refractivity contribution in [2.75, 3.05) is 0 Å². The highest BCUT2D eigenvalue weighted by atomic mass is 19.4. The first kappa shape index (κ1) is 11.3. The molecule has 0 atom stereocenters. The molecule has 1 fully saturated rings. The summed E-state index contributed by atoms with van der Waals surface area (Å²) in [5.74, 6) is 0. The maximum absolute atomic E-state index is 12.2. The highest BCUT2D eigenvalue weighted by Crippen LogP contribution is 2.26. The van der Waals surface area contributed by atoms with Crippen LogP contribution < -0.4 is 5.32 Å². The van der Waals surface area contributed by atoms with E-state index in [0.717, 1.165) is 18.9 Å². The van der Waals surface area contributed by atoms with Crippen LogP contribution in [-0.2, 0) is 12.7 Å². The van der Waals surface area contributed by atoms with Crippen LogP contribution in [0.5, 0.6) is 0 Å². The number of rotatable bonds is 3. The van der Waals surface area contributed by atoms with Crippen molar-refractivity contribution < 1.29 is 13.2 Å². The molecule has 1 aromatic heterocycles. The molecule has 0 amide bonds. The second-order valence-electron chi connectivity index (χ2n) is 3.92. The van der Waals surface area contributed by atoms with E-state index in [2.05, 4.69) is 15.5 Å². The third kappa shape index (κ3) is 2.69. The largest absolute Gasteiger partial charge is 0.435 e. The Balaban J connectivity index is 1.91. The van der Waals surface area contributed by atoms with Gasteiger partial charge in [-0.25, -0.2) is 0 Å². The molecule has 1 heterocycles. The fraction of sp³-hybridized carbons (Fsp3) is 0.600. The zero-order valence-corrected chi connectivity index (χ0v) is 8.59. The number of hydrogen-bond donors (Lipinski definition) is 1. The zero-order valence-electron chi connectivity index (χ0n) is 8.59. The van der Waals surface area contributed by atoms with Crippen LogP contribution in [0.4, 0.5) is 13.2 Å². The molecule has 0 spiro atoms. The van der Waals surface area contributed by atoms with Crippen molar-refractivity contribution in [1.82, 2.24) is 15.5 Å². The minimum atomic E-state index is -4.41. The number of alkyl halides is 3. The van der Waals surface area contributed by atoms with Gasteiger partial charge in [-0.15, -0.1) is 5.10 Å². The van der Waals surface area contributed by atoms with E-state index < -0.39 is 11.9 Å². The van der Waals surface area contributed by atoms with E-state index in [1.807, 2.05) is 0 Å². The Labute approximate surface area is 91.1 Å². The predicted molar refractivity (Wildman–Crippen MR) is 51.5 cm³/mol. The third-order valence-corrected chi connectivity index (χ3v) is 2.69. The van der Waals surface area contributed by atoms with Crippen LogP contribution in [0.15, 0.2) is 12.1 Å². The summed E-state index contributed by atoms with van der Waals surface area (Å²) in [7, 11) is 0. The lowest BCUT2D eigenvalue weighted by Crippen LogP contribution is -2.34. The summed E-state index contributed by atoms with van der Waals surface area (Å²) in [6.45, 7) is 0.482. The standard InChI is InChI=1S/C10H12F3N3/c11-10(12,13)9-5-4-8(15-16-9)6-14-7-2-1-3-7/h4-5,7,14H,1-3,6H2. The Morgan fingerprint density at radius 3 is 2.44 bits per heavy atom. The van der Waals surface area contributed by atoms with Crippen molar-refractivity contribution in [2.24, 2.45) is 0 Å². The average Bonchev–Trinajstić information content (AvgIpc) is 2.15. The maximum Gasteiger partial charge on any atom is 0.435 e. The molecule has 1 N–H and O–H groups in total.